The molecule has 1 aromatic carbocycles. The summed E-state index contributed by atoms with van der Waals surface area (Å²) in [6, 6.07) is 7.13. The molecule has 2 aliphatic heterocycles. The minimum Gasteiger partial charge on any atom is -0.481 e. The number of carboxylic acids is 1. The van der Waals surface area contributed by atoms with Gasteiger partial charge in [-0.05, 0) is 30.5 Å². The number of rotatable bonds is 2. The van der Waals surface area contributed by atoms with Crippen LogP contribution in [0.1, 0.15) is 17.9 Å². The minimum absolute atomic E-state index is 0.109. The largest absolute Gasteiger partial charge is 0.481 e. The maximum Gasteiger partial charge on any atom is 0.324 e. The number of para-hydroxylation sites is 1. The zero-order valence-electron chi connectivity index (χ0n) is 11.7. The van der Waals surface area contributed by atoms with Gasteiger partial charge in [-0.2, -0.15) is 0 Å². The fraction of sp³-hybridized carbons (Fsp3) is 0.467. The van der Waals surface area contributed by atoms with E-state index in [1.807, 2.05) is 18.2 Å². The van der Waals surface area contributed by atoms with Gasteiger partial charge in [0.25, 0.3) is 0 Å². The van der Waals surface area contributed by atoms with Crippen molar-refractivity contribution >= 4 is 17.7 Å². The maximum absolute atomic E-state index is 12.7. The highest BCUT2D eigenvalue weighted by molar-refractivity contribution is 5.98. The molecule has 0 bridgehead atoms. The van der Waals surface area contributed by atoms with Gasteiger partial charge in [0.1, 0.15) is 5.92 Å². The van der Waals surface area contributed by atoms with Crippen LogP contribution in [0.3, 0.4) is 0 Å². The first-order valence-corrected chi connectivity index (χ1v) is 7.20. The van der Waals surface area contributed by atoms with Crippen molar-refractivity contribution in [3.8, 4) is 0 Å². The zero-order chi connectivity index (χ0) is 15.0. The molecule has 6 heteroatoms. The van der Waals surface area contributed by atoms with Crippen molar-refractivity contribution in [2.45, 2.75) is 12.3 Å². The van der Waals surface area contributed by atoms with Gasteiger partial charge < -0.3 is 15.7 Å². The lowest BCUT2D eigenvalue weighted by atomic mass is 10.0. The average molecular weight is 289 g/mol. The van der Waals surface area contributed by atoms with Crippen LogP contribution in [0, 0.1) is 5.92 Å². The number of nitrogens with zero attached hydrogens (tertiary/aromatic N) is 2. The third-order valence-corrected chi connectivity index (χ3v) is 4.39. The van der Waals surface area contributed by atoms with Crippen LogP contribution in [0.4, 0.5) is 10.5 Å². The number of fused-ring (bicyclic) bond motifs is 1. The highest BCUT2D eigenvalue weighted by Crippen LogP contribution is 2.37. The number of benzene rings is 1. The van der Waals surface area contributed by atoms with Gasteiger partial charge in [0.05, 0.1) is 0 Å². The molecule has 0 spiro atoms. The van der Waals surface area contributed by atoms with Crippen LogP contribution in [0.2, 0.25) is 0 Å². The van der Waals surface area contributed by atoms with Gasteiger partial charge in [-0.15, -0.1) is 0 Å². The van der Waals surface area contributed by atoms with Crippen molar-refractivity contribution in [2.75, 3.05) is 31.1 Å². The van der Waals surface area contributed by atoms with E-state index in [4.69, 9.17) is 5.73 Å². The molecule has 1 saturated heterocycles. The molecule has 2 unspecified atom stereocenters. The molecule has 3 N–H and O–H groups in total. The molecule has 6 nitrogen and oxygen atoms in total. The van der Waals surface area contributed by atoms with Crippen molar-refractivity contribution in [1.29, 1.82) is 0 Å². The highest BCUT2D eigenvalue weighted by atomic mass is 16.4. The van der Waals surface area contributed by atoms with Gasteiger partial charge in [0.2, 0.25) is 0 Å². The summed E-state index contributed by atoms with van der Waals surface area (Å²) in [6.45, 7) is 2.14. The average Bonchev–Trinajstić information content (AvgIpc) is 3.11. The van der Waals surface area contributed by atoms with Crippen molar-refractivity contribution in [1.82, 2.24) is 4.90 Å². The second-order valence-corrected chi connectivity index (χ2v) is 5.68. The van der Waals surface area contributed by atoms with Gasteiger partial charge in [-0.3, -0.25) is 9.69 Å². The molecule has 1 fully saturated rings. The minimum atomic E-state index is -0.890. The summed E-state index contributed by atoms with van der Waals surface area (Å²) in [4.78, 5) is 27.4. The van der Waals surface area contributed by atoms with Crippen LogP contribution >= 0.6 is 0 Å². The van der Waals surface area contributed by atoms with Crippen LogP contribution in [-0.2, 0) is 4.79 Å². The number of carbonyl (C=O) groups is 2. The number of anilines is 1. The van der Waals surface area contributed by atoms with Crippen molar-refractivity contribution in [3.05, 3.63) is 29.8 Å². The van der Waals surface area contributed by atoms with Crippen molar-refractivity contribution in [3.63, 3.8) is 0 Å². The Bertz CT molecular complexity index is 575. The Hall–Kier alpha value is -2.08. The standard InChI is InChI=1S/C15H19N3O3/c16-7-10-5-6-17(8-10)15(21)18-9-12(14(19)20)11-3-1-2-4-13(11)18/h1-4,10,12H,5-9,16H2,(H,19,20). The summed E-state index contributed by atoms with van der Waals surface area (Å²) in [5.74, 6) is -1.18. The number of carbonyl (C=O) groups excluding carboxylic acids is 1. The molecule has 2 amide bonds. The molecular weight excluding hydrogens is 270 g/mol. The number of urea groups is 1. The molecule has 3 rings (SSSR count). The highest BCUT2D eigenvalue weighted by Gasteiger charge is 2.39. The third kappa shape index (κ3) is 2.35. The summed E-state index contributed by atoms with van der Waals surface area (Å²) in [7, 11) is 0. The van der Waals surface area contributed by atoms with E-state index < -0.39 is 11.9 Å². The number of likely N-dealkylation sites (tertiary alicyclic amines) is 1. The first kappa shape index (κ1) is 13.9. The molecule has 0 aliphatic carbocycles. The van der Waals surface area contributed by atoms with Crippen LogP contribution in [0.15, 0.2) is 24.3 Å². The van der Waals surface area contributed by atoms with Crippen LogP contribution in [-0.4, -0.2) is 48.2 Å². The fourth-order valence-electron chi connectivity index (χ4n) is 3.17. The van der Waals surface area contributed by atoms with E-state index in [-0.39, 0.29) is 12.6 Å². The Morgan fingerprint density at radius 2 is 2.05 bits per heavy atom. The number of amides is 2. The normalized spacial score (nSPS) is 24.2. The van der Waals surface area contributed by atoms with E-state index in [0.717, 1.165) is 6.42 Å². The van der Waals surface area contributed by atoms with E-state index in [1.165, 1.54) is 0 Å². The lowest BCUT2D eigenvalue weighted by Crippen LogP contribution is -2.42. The molecular formula is C15H19N3O3. The monoisotopic (exact) mass is 289 g/mol. The fourth-order valence-corrected chi connectivity index (χ4v) is 3.17. The van der Waals surface area contributed by atoms with E-state index in [2.05, 4.69) is 0 Å². The number of hydrogen-bond acceptors (Lipinski definition) is 3. The Balaban J connectivity index is 1.84. The second-order valence-electron chi connectivity index (χ2n) is 5.68. The van der Waals surface area contributed by atoms with Crippen LogP contribution in [0.5, 0.6) is 0 Å². The van der Waals surface area contributed by atoms with Crippen LogP contribution in [0.25, 0.3) is 0 Å². The maximum atomic E-state index is 12.7. The van der Waals surface area contributed by atoms with Crippen molar-refractivity contribution in [2.24, 2.45) is 11.7 Å². The van der Waals surface area contributed by atoms with Crippen LogP contribution < -0.4 is 10.6 Å². The van der Waals surface area contributed by atoms with Gasteiger partial charge in [0, 0.05) is 25.3 Å². The molecule has 0 saturated carbocycles. The summed E-state index contributed by atoms with van der Waals surface area (Å²) < 4.78 is 0. The first-order chi connectivity index (χ1) is 10.1. The second kappa shape index (κ2) is 5.37. The molecule has 21 heavy (non-hydrogen) atoms. The predicted molar refractivity (Wildman–Crippen MR) is 78.3 cm³/mol. The third-order valence-electron chi connectivity index (χ3n) is 4.39. The number of carboxylic acid groups (broad SMARTS) is 1. The summed E-state index contributed by atoms with van der Waals surface area (Å²) in [6.07, 6.45) is 0.917. The molecule has 1 aromatic rings. The van der Waals surface area contributed by atoms with Crippen molar-refractivity contribution < 1.29 is 14.7 Å². The molecule has 2 aliphatic rings. The quantitative estimate of drug-likeness (QED) is 0.852. The zero-order valence-corrected chi connectivity index (χ0v) is 11.7. The van der Waals surface area contributed by atoms with E-state index in [1.54, 1.807) is 15.9 Å². The van der Waals surface area contributed by atoms with E-state index in [0.29, 0.717) is 36.8 Å². The SMILES string of the molecule is NCC1CCN(C(=O)N2CC(C(=O)O)c3ccccc32)C1. The lowest BCUT2D eigenvalue weighted by molar-refractivity contribution is -0.138. The molecule has 0 aromatic heterocycles. The van der Waals surface area contributed by atoms with Gasteiger partial charge in [-0.1, -0.05) is 18.2 Å². The summed E-state index contributed by atoms with van der Waals surface area (Å²) in [5, 5.41) is 9.34. The molecule has 0 radical (unpaired) electrons. The van der Waals surface area contributed by atoms with Gasteiger partial charge >= 0.3 is 12.0 Å². The Morgan fingerprint density at radius 1 is 1.29 bits per heavy atom. The molecule has 2 atom stereocenters. The first-order valence-electron chi connectivity index (χ1n) is 7.20. The number of hydrogen-bond donors (Lipinski definition) is 2. The Morgan fingerprint density at radius 3 is 2.71 bits per heavy atom. The number of nitrogens with two attached hydrogens (primary N) is 1. The predicted octanol–water partition coefficient (Wildman–Crippen LogP) is 1.08. The Kier molecular flexibility index (Phi) is 3.55. The summed E-state index contributed by atoms with van der Waals surface area (Å²) in [5.41, 5.74) is 7.09. The van der Waals surface area contributed by atoms with Gasteiger partial charge in [0.15, 0.2) is 0 Å². The smallest absolute Gasteiger partial charge is 0.324 e. The summed E-state index contributed by atoms with van der Waals surface area (Å²) >= 11 is 0. The van der Waals surface area contributed by atoms with Gasteiger partial charge in [-0.25, -0.2) is 4.79 Å². The topological polar surface area (TPSA) is 86.9 Å². The number of aliphatic carboxylic acids is 1. The molecule has 2 heterocycles. The molecule has 112 valence electrons. The van der Waals surface area contributed by atoms with E-state index in [9.17, 15) is 14.7 Å². The lowest BCUT2D eigenvalue weighted by Gasteiger charge is -2.25. The Labute approximate surface area is 123 Å². The van der Waals surface area contributed by atoms with E-state index >= 15 is 0 Å².